The second kappa shape index (κ2) is 4.92. The Kier molecular flexibility index (Phi) is 3.23. The molecule has 0 unspecified atom stereocenters. The molecule has 2 N–H and O–H groups in total. The number of aromatic amines is 1. The number of hydrogen-bond donors (Lipinski definition) is 2. The molecule has 0 aliphatic carbocycles. The summed E-state index contributed by atoms with van der Waals surface area (Å²) in [6.45, 7) is 2.69. The Morgan fingerprint density at radius 3 is 2.75 bits per heavy atom. The predicted molar refractivity (Wildman–Crippen MR) is 76.4 cm³/mol. The Morgan fingerprint density at radius 1 is 1.30 bits per heavy atom. The molecule has 0 amide bonds. The van der Waals surface area contributed by atoms with E-state index >= 15 is 0 Å². The third-order valence-electron chi connectivity index (χ3n) is 3.50. The largest absolute Gasteiger partial charge is 0.303 e. The number of anilines is 1. The highest BCUT2D eigenvalue weighted by molar-refractivity contribution is 7.90. The first kappa shape index (κ1) is 13.1. The van der Waals surface area contributed by atoms with Crippen LogP contribution in [0.25, 0.3) is 0 Å². The number of aryl methyl sites for hydroxylation is 1. The van der Waals surface area contributed by atoms with Gasteiger partial charge in [-0.25, -0.2) is 0 Å². The summed E-state index contributed by atoms with van der Waals surface area (Å²) in [5.41, 5.74) is 3.05. The fraction of sp³-hybridized carbons (Fsp3) is 0.308. The molecule has 0 saturated heterocycles. The van der Waals surface area contributed by atoms with E-state index in [1.807, 2.05) is 24.3 Å². The topological polar surface area (TPSA) is 78.1 Å². The van der Waals surface area contributed by atoms with E-state index < -0.39 is 10.2 Å². The van der Waals surface area contributed by atoms with Gasteiger partial charge in [-0.05, 0) is 24.5 Å². The van der Waals surface area contributed by atoms with Crippen LogP contribution in [0.15, 0.2) is 30.5 Å². The number of hydrogen-bond acceptors (Lipinski definition) is 3. The number of nitrogens with zero attached hydrogens (tertiary/aromatic N) is 2. The van der Waals surface area contributed by atoms with Gasteiger partial charge in [-0.15, -0.1) is 0 Å². The summed E-state index contributed by atoms with van der Waals surface area (Å²) in [7, 11) is -3.56. The van der Waals surface area contributed by atoms with Gasteiger partial charge in [0.15, 0.2) is 0 Å². The number of H-pyrrole nitrogens is 1. The molecular formula is C13H16N4O2S. The average Bonchev–Trinajstić information content (AvgIpc) is 2.83. The van der Waals surface area contributed by atoms with Crippen LogP contribution in [0, 0.1) is 6.92 Å². The molecule has 0 radical (unpaired) electrons. The molecule has 2 heterocycles. The van der Waals surface area contributed by atoms with Gasteiger partial charge in [0.05, 0.1) is 6.20 Å². The molecule has 0 bridgehead atoms. The molecule has 106 valence electrons. The van der Waals surface area contributed by atoms with Crippen LogP contribution in [-0.4, -0.2) is 29.5 Å². The normalized spacial score (nSPS) is 15.8. The number of nitrogens with one attached hydrogen (secondary N) is 2. The van der Waals surface area contributed by atoms with E-state index in [1.165, 1.54) is 9.87 Å². The van der Waals surface area contributed by atoms with Gasteiger partial charge in [0.2, 0.25) is 0 Å². The van der Waals surface area contributed by atoms with E-state index in [0.717, 1.165) is 17.5 Å². The minimum absolute atomic E-state index is 0.401. The Labute approximate surface area is 118 Å². The van der Waals surface area contributed by atoms with Crippen molar-refractivity contribution in [1.82, 2.24) is 14.5 Å². The Morgan fingerprint density at radius 2 is 2.05 bits per heavy atom. The SMILES string of the molecule is Cc1cn[nH]c1NS(=O)(=O)N1CCc2ccccc2C1. The molecule has 1 aromatic carbocycles. The third-order valence-corrected chi connectivity index (χ3v) is 4.95. The average molecular weight is 292 g/mol. The molecule has 6 nitrogen and oxygen atoms in total. The summed E-state index contributed by atoms with van der Waals surface area (Å²) in [5, 5.41) is 6.47. The van der Waals surface area contributed by atoms with E-state index in [1.54, 1.807) is 13.1 Å². The van der Waals surface area contributed by atoms with Gasteiger partial charge in [-0.1, -0.05) is 24.3 Å². The maximum absolute atomic E-state index is 12.4. The van der Waals surface area contributed by atoms with Gasteiger partial charge in [0.25, 0.3) is 0 Å². The van der Waals surface area contributed by atoms with Gasteiger partial charge < -0.3 is 0 Å². The fourth-order valence-electron chi connectivity index (χ4n) is 2.32. The van der Waals surface area contributed by atoms with Gasteiger partial charge in [-0.2, -0.15) is 17.8 Å². The summed E-state index contributed by atoms with van der Waals surface area (Å²) < 4.78 is 28.8. The first-order valence-corrected chi connectivity index (χ1v) is 7.85. The minimum Gasteiger partial charge on any atom is -0.262 e. The van der Waals surface area contributed by atoms with E-state index in [4.69, 9.17) is 0 Å². The van der Waals surface area contributed by atoms with Crippen LogP contribution < -0.4 is 4.72 Å². The molecule has 1 aromatic heterocycles. The maximum Gasteiger partial charge on any atom is 0.303 e. The maximum atomic E-state index is 12.4. The van der Waals surface area contributed by atoms with E-state index in [-0.39, 0.29) is 0 Å². The third kappa shape index (κ3) is 2.41. The number of aromatic nitrogens is 2. The van der Waals surface area contributed by atoms with Gasteiger partial charge in [0.1, 0.15) is 5.82 Å². The predicted octanol–water partition coefficient (Wildman–Crippen LogP) is 1.43. The summed E-state index contributed by atoms with van der Waals surface area (Å²) in [6, 6.07) is 7.93. The lowest BCUT2D eigenvalue weighted by Gasteiger charge is -2.28. The van der Waals surface area contributed by atoms with Crippen molar-refractivity contribution in [3.63, 3.8) is 0 Å². The summed E-state index contributed by atoms with van der Waals surface area (Å²) in [6.07, 6.45) is 2.32. The van der Waals surface area contributed by atoms with Gasteiger partial charge in [0, 0.05) is 18.7 Å². The van der Waals surface area contributed by atoms with Crippen LogP contribution in [0.5, 0.6) is 0 Å². The minimum atomic E-state index is -3.56. The lowest BCUT2D eigenvalue weighted by Crippen LogP contribution is -2.39. The lowest BCUT2D eigenvalue weighted by molar-refractivity contribution is 0.394. The first-order chi connectivity index (χ1) is 9.56. The number of benzene rings is 1. The van der Waals surface area contributed by atoms with Crippen LogP contribution in [0.2, 0.25) is 0 Å². The smallest absolute Gasteiger partial charge is 0.262 e. The summed E-state index contributed by atoms with van der Waals surface area (Å²) in [4.78, 5) is 0. The molecular weight excluding hydrogens is 276 g/mol. The van der Waals surface area contributed by atoms with Crippen molar-refractivity contribution in [1.29, 1.82) is 0 Å². The molecule has 0 spiro atoms. The fourth-order valence-corrected chi connectivity index (χ4v) is 3.55. The molecule has 1 aliphatic heterocycles. The Bertz CT molecular complexity index is 723. The van der Waals surface area contributed by atoms with Gasteiger partial charge in [-0.3, -0.25) is 9.82 Å². The van der Waals surface area contributed by atoms with Crippen molar-refractivity contribution in [3.05, 3.63) is 47.2 Å². The molecule has 2 aromatic rings. The molecule has 3 rings (SSSR count). The van der Waals surface area contributed by atoms with Crippen LogP contribution >= 0.6 is 0 Å². The molecule has 0 saturated carbocycles. The standard InChI is InChI=1S/C13H16N4O2S/c1-10-8-14-15-13(10)16-20(18,19)17-7-6-11-4-2-3-5-12(11)9-17/h2-5,8H,6-7,9H2,1H3,(H2,14,15,16). The Hall–Kier alpha value is -1.86. The van der Waals surface area contributed by atoms with Crippen molar-refractivity contribution in [3.8, 4) is 0 Å². The van der Waals surface area contributed by atoms with Crippen LogP contribution in [-0.2, 0) is 23.2 Å². The second-order valence-corrected chi connectivity index (χ2v) is 6.56. The van der Waals surface area contributed by atoms with Gasteiger partial charge >= 0.3 is 10.2 Å². The molecule has 20 heavy (non-hydrogen) atoms. The first-order valence-electron chi connectivity index (χ1n) is 6.41. The zero-order chi connectivity index (χ0) is 14.2. The van der Waals surface area contributed by atoms with Crippen molar-refractivity contribution >= 4 is 16.0 Å². The quantitative estimate of drug-likeness (QED) is 0.898. The van der Waals surface area contributed by atoms with Crippen LogP contribution in [0.1, 0.15) is 16.7 Å². The van der Waals surface area contributed by atoms with E-state index in [9.17, 15) is 8.42 Å². The van der Waals surface area contributed by atoms with Crippen LogP contribution in [0.4, 0.5) is 5.82 Å². The number of rotatable bonds is 3. The summed E-state index contributed by atoms with van der Waals surface area (Å²) in [5.74, 6) is 0.420. The lowest BCUT2D eigenvalue weighted by atomic mass is 10.0. The molecule has 7 heteroatoms. The molecule has 0 atom stereocenters. The van der Waals surface area contributed by atoms with Crippen LogP contribution in [0.3, 0.4) is 0 Å². The van der Waals surface area contributed by atoms with E-state index in [2.05, 4.69) is 14.9 Å². The highest BCUT2D eigenvalue weighted by Crippen LogP contribution is 2.22. The Balaban J connectivity index is 1.82. The molecule has 0 fully saturated rings. The zero-order valence-corrected chi connectivity index (χ0v) is 11.9. The van der Waals surface area contributed by atoms with Crippen molar-refractivity contribution in [2.75, 3.05) is 11.3 Å². The highest BCUT2D eigenvalue weighted by atomic mass is 32.2. The van der Waals surface area contributed by atoms with Crippen molar-refractivity contribution < 1.29 is 8.42 Å². The monoisotopic (exact) mass is 292 g/mol. The summed E-state index contributed by atoms with van der Waals surface area (Å²) >= 11 is 0. The highest BCUT2D eigenvalue weighted by Gasteiger charge is 2.27. The number of fused-ring (bicyclic) bond motifs is 1. The zero-order valence-electron chi connectivity index (χ0n) is 11.1. The molecule has 1 aliphatic rings. The van der Waals surface area contributed by atoms with Crippen molar-refractivity contribution in [2.45, 2.75) is 19.9 Å². The van der Waals surface area contributed by atoms with Crippen molar-refractivity contribution in [2.24, 2.45) is 0 Å². The second-order valence-electron chi connectivity index (χ2n) is 4.89. The van der Waals surface area contributed by atoms with E-state index in [0.29, 0.717) is 18.9 Å².